The van der Waals surface area contributed by atoms with Gasteiger partial charge in [-0.1, -0.05) is 12.1 Å². The maximum Gasteiger partial charge on any atom is 0.287 e. The SMILES string of the molecule is O=C(NCC(c1cccnc1)S(=O)(=O)c1cccs1)c1ccco1. The quantitative estimate of drug-likeness (QED) is 0.728. The number of carbonyl (C=O) groups is 1. The molecule has 0 saturated heterocycles. The highest BCUT2D eigenvalue weighted by Gasteiger charge is 2.30. The van der Waals surface area contributed by atoms with E-state index in [0.717, 1.165) is 11.3 Å². The topological polar surface area (TPSA) is 89.3 Å². The summed E-state index contributed by atoms with van der Waals surface area (Å²) in [7, 11) is -3.64. The van der Waals surface area contributed by atoms with Crippen molar-refractivity contribution in [3.63, 3.8) is 0 Å². The predicted octanol–water partition coefficient (Wildman–Crippen LogP) is 2.68. The van der Waals surface area contributed by atoms with Crippen LogP contribution in [-0.2, 0) is 9.84 Å². The van der Waals surface area contributed by atoms with Crippen LogP contribution in [0.3, 0.4) is 0 Å². The van der Waals surface area contributed by atoms with Gasteiger partial charge in [0.05, 0.1) is 6.26 Å². The summed E-state index contributed by atoms with van der Waals surface area (Å²) in [6, 6.07) is 9.69. The number of hydrogen-bond acceptors (Lipinski definition) is 6. The third-order valence-corrected chi connectivity index (χ3v) is 6.93. The fourth-order valence-corrected chi connectivity index (χ4v) is 5.07. The molecule has 0 spiro atoms. The molecule has 3 heterocycles. The third kappa shape index (κ3) is 3.39. The Morgan fingerprint density at radius 3 is 2.75 bits per heavy atom. The van der Waals surface area contributed by atoms with Crippen LogP contribution in [0, 0.1) is 0 Å². The molecule has 1 amide bonds. The van der Waals surface area contributed by atoms with Gasteiger partial charge in [0.2, 0.25) is 0 Å². The number of rotatable bonds is 6. The molecule has 0 aliphatic heterocycles. The van der Waals surface area contributed by atoms with Crippen molar-refractivity contribution >= 4 is 27.1 Å². The van der Waals surface area contributed by atoms with Crippen molar-refractivity contribution in [1.29, 1.82) is 0 Å². The van der Waals surface area contributed by atoms with Crippen LogP contribution in [-0.4, -0.2) is 25.9 Å². The smallest absolute Gasteiger partial charge is 0.287 e. The number of amides is 1. The van der Waals surface area contributed by atoms with Crippen molar-refractivity contribution in [2.45, 2.75) is 9.46 Å². The van der Waals surface area contributed by atoms with Crippen LogP contribution in [0.15, 0.2) is 69.1 Å². The number of nitrogens with one attached hydrogen (secondary N) is 1. The maximum absolute atomic E-state index is 12.9. The van der Waals surface area contributed by atoms with Crippen molar-refractivity contribution in [2.24, 2.45) is 0 Å². The van der Waals surface area contributed by atoms with Gasteiger partial charge in [-0.2, -0.15) is 0 Å². The first-order valence-electron chi connectivity index (χ1n) is 7.08. The van der Waals surface area contributed by atoms with E-state index < -0.39 is 21.0 Å². The molecule has 8 heteroatoms. The van der Waals surface area contributed by atoms with Gasteiger partial charge in [0.25, 0.3) is 5.91 Å². The first-order chi connectivity index (χ1) is 11.6. The standard InChI is InChI=1S/C16H14N2O4S2/c19-16(13-5-2-8-22-13)18-11-14(12-4-1-7-17-10-12)24(20,21)15-6-3-9-23-15/h1-10,14H,11H2,(H,18,19). The Kier molecular flexibility index (Phi) is 4.77. The van der Waals surface area contributed by atoms with E-state index in [4.69, 9.17) is 4.42 Å². The number of thiophene rings is 1. The molecule has 1 unspecified atom stereocenters. The van der Waals surface area contributed by atoms with Gasteiger partial charge < -0.3 is 9.73 Å². The minimum absolute atomic E-state index is 0.0779. The molecule has 3 aromatic rings. The van der Waals surface area contributed by atoms with Gasteiger partial charge in [0, 0.05) is 18.9 Å². The van der Waals surface area contributed by atoms with E-state index in [9.17, 15) is 13.2 Å². The third-order valence-electron chi connectivity index (χ3n) is 3.40. The molecule has 3 aromatic heterocycles. The Labute approximate surface area is 143 Å². The predicted molar refractivity (Wildman–Crippen MR) is 89.5 cm³/mol. The summed E-state index contributed by atoms with van der Waals surface area (Å²) in [6.45, 7) is -0.0779. The highest BCUT2D eigenvalue weighted by atomic mass is 32.2. The first-order valence-corrected chi connectivity index (χ1v) is 9.50. The Morgan fingerprint density at radius 2 is 2.12 bits per heavy atom. The molecule has 0 aliphatic carbocycles. The van der Waals surface area contributed by atoms with E-state index >= 15 is 0 Å². The molecule has 124 valence electrons. The highest BCUT2D eigenvalue weighted by molar-refractivity contribution is 7.93. The van der Waals surface area contributed by atoms with Gasteiger partial charge in [-0.25, -0.2) is 8.42 Å². The average molecular weight is 362 g/mol. The number of furan rings is 1. The summed E-state index contributed by atoms with van der Waals surface area (Å²) >= 11 is 1.15. The Hall–Kier alpha value is -2.45. The zero-order valence-electron chi connectivity index (χ0n) is 12.5. The lowest BCUT2D eigenvalue weighted by Crippen LogP contribution is -2.31. The summed E-state index contributed by atoms with van der Waals surface area (Å²) in [6.07, 6.45) is 4.45. The molecule has 0 aromatic carbocycles. The van der Waals surface area contributed by atoms with Crippen LogP contribution in [0.2, 0.25) is 0 Å². The lowest BCUT2D eigenvalue weighted by atomic mass is 10.2. The van der Waals surface area contributed by atoms with Crippen molar-refractivity contribution < 1.29 is 17.6 Å². The number of carbonyl (C=O) groups excluding carboxylic acids is 1. The van der Waals surface area contributed by atoms with Crippen LogP contribution >= 0.6 is 11.3 Å². The Balaban J connectivity index is 1.87. The summed E-state index contributed by atoms with van der Waals surface area (Å²) in [5, 5.41) is 3.39. The molecule has 1 N–H and O–H groups in total. The summed E-state index contributed by atoms with van der Waals surface area (Å²) in [5.74, 6) is -0.330. The van der Waals surface area contributed by atoms with Crippen LogP contribution in [0.4, 0.5) is 0 Å². The lowest BCUT2D eigenvalue weighted by molar-refractivity contribution is 0.0926. The van der Waals surface area contributed by atoms with Crippen LogP contribution in [0.1, 0.15) is 21.4 Å². The number of sulfone groups is 1. The van der Waals surface area contributed by atoms with E-state index in [0.29, 0.717) is 5.56 Å². The van der Waals surface area contributed by atoms with E-state index in [1.165, 1.54) is 18.5 Å². The summed E-state index contributed by atoms with van der Waals surface area (Å²) < 4.78 is 31.1. The van der Waals surface area contributed by atoms with Crippen LogP contribution in [0.5, 0.6) is 0 Å². The maximum atomic E-state index is 12.9. The second kappa shape index (κ2) is 6.98. The molecule has 3 rings (SSSR count). The van der Waals surface area contributed by atoms with Gasteiger partial charge in [0.1, 0.15) is 9.46 Å². The van der Waals surface area contributed by atoms with Gasteiger partial charge in [-0.05, 0) is 35.2 Å². The Morgan fingerprint density at radius 1 is 1.25 bits per heavy atom. The molecule has 0 saturated carbocycles. The normalized spacial score (nSPS) is 12.7. The van der Waals surface area contributed by atoms with Gasteiger partial charge in [-0.15, -0.1) is 11.3 Å². The summed E-state index contributed by atoms with van der Waals surface area (Å²) in [4.78, 5) is 16.0. The number of aromatic nitrogens is 1. The molecule has 0 fully saturated rings. The van der Waals surface area contributed by atoms with Gasteiger partial charge in [0.15, 0.2) is 15.6 Å². The van der Waals surface area contributed by atoms with Crippen molar-refractivity contribution in [2.75, 3.05) is 6.54 Å². The lowest BCUT2D eigenvalue weighted by Gasteiger charge is -2.17. The number of hydrogen-bond donors (Lipinski definition) is 1. The molecular formula is C16H14N2O4S2. The zero-order chi connectivity index (χ0) is 17.0. The molecule has 0 radical (unpaired) electrons. The van der Waals surface area contributed by atoms with E-state index in [2.05, 4.69) is 10.3 Å². The van der Waals surface area contributed by atoms with Gasteiger partial charge in [-0.3, -0.25) is 9.78 Å². The average Bonchev–Trinajstić information content (AvgIpc) is 3.29. The molecule has 24 heavy (non-hydrogen) atoms. The monoisotopic (exact) mass is 362 g/mol. The number of pyridine rings is 1. The van der Waals surface area contributed by atoms with Crippen molar-refractivity contribution in [3.8, 4) is 0 Å². The second-order valence-electron chi connectivity index (χ2n) is 4.94. The van der Waals surface area contributed by atoms with E-state index in [1.54, 1.807) is 41.9 Å². The molecule has 0 aliphatic rings. The molecule has 0 bridgehead atoms. The second-order valence-corrected chi connectivity index (χ2v) is 8.24. The molecule has 1 atom stereocenters. The largest absolute Gasteiger partial charge is 0.459 e. The fraction of sp³-hybridized carbons (Fsp3) is 0.125. The van der Waals surface area contributed by atoms with E-state index in [-0.39, 0.29) is 16.5 Å². The fourth-order valence-electron chi connectivity index (χ4n) is 2.22. The zero-order valence-corrected chi connectivity index (χ0v) is 14.1. The minimum Gasteiger partial charge on any atom is -0.459 e. The Bertz CT molecular complexity index is 889. The van der Waals surface area contributed by atoms with E-state index in [1.807, 2.05) is 0 Å². The summed E-state index contributed by atoms with van der Waals surface area (Å²) in [5.41, 5.74) is 0.519. The van der Waals surface area contributed by atoms with Crippen molar-refractivity contribution in [1.82, 2.24) is 10.3 Å². The van der Waals surface area contributed by atoms with Crippen molar-refractivity contribution in [3.05, 3.63) is 71.8 Å². The highest BCUT2D eigenvalue weighted by Crippen LogP contribution is 2.30. The molecule has 6 nitrogen and oxygen atoms in total. The van der Waals surface area contributed by atoms with Crippen LogP contribution in [0.25, 0.3) is 0 Å². The van der Waals surface area contributed by atoms with Crippen LogP contribution < -0.4 is 5.32 Å². The van der Waals surface area contributed by atoms with Gasteiger partial charge >= 0.3 is 0 Å². The number of nitrogens with zero attached hydrogens (tertiary/aromatic N) is 1. The minimum atomic E-state index is -3.64. The first kappa shape index (κ1) is 16.4. The molecular weight excluding hydrogens is 348 g/mol.